The highest BCUT2D eigenvalue weighted by molar-refractivity contribution is 9.10. The van der Waals surface area contributed by atoms with Crippen LogP contribution in [0.15, 0.2) is 15.9 Å². The lowest BCUT2D eigenvalue weighted by molar-refractivity contribution is 0.342. The third kappa shape index (κ3) is 3.55. The van der Waals surface area contributed by atoms with E-state index in [2.05, 4.69) is 32.7 Å². The van der Waals surface area contributed by atoms with E-state index in [0.29, 0.717) is 12.1 Å². The molecule has 1 aromatic rings. The Morgan fingerprint density at radius 1 is 1.40 bits per heavy atom. The van der Waals surface area contributed by atoms with Gasteiger partial charge < -0.3 is 11.1 Å². The third-order valence-corrected chi connectivity index (χ3v) is 4.66. The Balaban J connectivity index is 1.74. The van der Waals surface area contributed by atoms with Crippen LogP contribution in [0.25, 0.3) is 0 Å². The van der Waals surface area contributed by atoms with Crippen LogP contribution >= 0.6 is 27.3 Å². The molecule has 15 heavy (non-hydrogen) atoms. The summed E-state index contributed by atoms with van der Waals surface area (Å²) in [5.41, 5.74) is 5.88. The second kappa shape index (κ2) is 5.43. The second-order valence-electron chi connectivity index (χ2n) is 4.22. The number of nitrogens with two attached hydrogens (primary N) is 1. The van der Waals surface area contributed by atoms with Gasteiger partial charge in [0.15, 0.2) is 0 Å². The van der Waals surface area contributed by atoms with E-state index in [1.807, 2.05) is 0 Å². The molecule has 0 amide bonds. The van der Waals surface area contributed by atoms with E-state index >= 15 is 0 Å². The summed E-state index contributed by atoms with van der Waals surface area (Å²) in [5.74, 6) is 0. The van der Waals surface area contributed by atoms with Gasteiger partial charge in [0.05, 0.1) is 0 Å². The van der Waals surface area contributed by atoms with Crippen LogP contribution in [-0.2, 0) is 6.54 Å². The Bertz CT molecular complexity index is 305. The van der Waals surface area contributed by atoms with Gasteiger partial charge in [-0.1, -0.05) is 0 Å². The van der Waals surface area contributed by atoms with E-state index in [-0.39, 0.29) is 0 Å². The summed E-state index contributed by atoms with van der Waals surface area (Å²) in [4.78, 5) is 1.40. The summed E-state index contributed by atoms with van der Waals surface area (Å²) in [6.45, 7) is 0.996. The Morgan fingerprint density at radius 3 is 2.73 bits per heavy atom. The van der Waals surface area contributed by atoms with Crippen molar-refractivity contribution in [1.82, 2.24) is 5.32 Å². The predicted octanol–water partition coefficient (Wildman–Crippen LogP) is 2.87. The number of thiophene rings is 1. The minimum atomic E-state index is 0.443. The molecule has 1 heterocycles. The van der Waals surface area contributed by atoms with Gasteiger partial charge in [-0.3, -0.25) is 0 Å². The highest BCUT2D eigenvalue weighted by Gasteiger charge is 2.17. The van der Waals surface area contributed by atoms with Crippen molar-refractivity contribution < 1.29 is 0 Å². The molecule has 0 saturated heterocycles. The second-order valence-corrected chi connectivity index (χ2v) is 6.14. The Hall–Kier alpha value is 0.1000. The van der Waals surface area contributed by atoms with Crippen molar-refractivity contribution in [2.24, 2.45) is 5.73 Å². The summed E-state index contributed by atoms with van der Waals surface area (Å²) in [7, 11) is 0. The molecule has 3 N–H and O–H groups in total. The van der Waals surface area contributed by atoms with Crippen molar-refractivity contribution >= 4 is 27.3 Å². The molecule has 2 nitrogen and oxygen atoms in total. The van der Waals surface area contributed by atoms with Gasteiger partial charge in [-0.05, 0) is 47.7 Å². The smallest absolute Gasteiger partial charge is 0.0302 e. The van der Waals surface area contributed by atoms with E-state index in [1.54, 1.807) is 11.3 Å². The molecule has 0 unspecified atom stereocenters. The van der Waals surface area contributed by atoms with Crippen LogP contribution in [0.1, 0.15) is 30.6 Å². The third-order valence-electron chi connectivity index (χ3n) is 2.96. The highest BCUT2D eigenvalue weighted by atomic mass is 79.9. The summed E-state index contributed by atoms with van der Waals surface area (Å²) >= 11 is 5.28. The maximum absolute atomic E-state index is 5.88. The number of halogens is 1. The van der Waals surface area contributed by atoms with Crippen molar-refractivity contribution in [2.45, 2.75) is 44.3 Å². The van der Waals surface area contributed by atoms with Crippen molar-refractivity contribution in [1.29, 1.82) is 0 Å². The van der Waals surface area contributed by atoms with E-state index in [1.165, 1.54) is 35.0 Å². The first-order valence-electron chi connectivity index (χ1n) is 5.46. The van der Waals surface area contributed by atoms with Crippen LogP contribution in [0, 0.1) is 0 Å². The molecule has 1 aliphatic rings. The van der Waals surface area contributed by atoms with Crippen LogP contribution in [0.3, 0.4) is 0 Å². The molecular formula is C11H17BrN2S. The molecule has 0 atom stereocenters. The molecule has 84 valence electrons. The molecule has 0 aliphatic heterocycles. The van der Waals surface area contributed by atoms with Gasteiger partial charge in [-0.25, -0.2) is 0 Å². The van der Waals surface area contributed by atoms with Crippen LogP contribution in [-0.4, -0.2) is 12.1 Å². The summed E-state index contributed by atoms with van der Waals surface area (Å²) in [6.07, 6.45) is 4.80. The van der Waals surface area contributed by atoms with E-state index in [9.17, 15) is 0 Å². The predicted molar refractivity (Wildman–Crippen MR) is 69.1 cm³/mol. The fourth-order valence-electron chi connectivity index (χ4n) is 2.01. The normalized spacial score (nSPS) is 26.8. The SMILES string of the molecule is NC1CCC(NCc2cc(Br)cs2)CC1. The fraction of sp³-hybridized carbons (Fsp3) is 0.636. The minimum Gasteiger partial charge on any atom is -0.328 e. The number of hydrogen-bond acceptors (Lipinski definition) is 3. The Labute approximate surface area is 103 Å². The average molecular weight is 289 g/mol. The molecule has 2 rings (SSSR count). The lowest BCUT2D eigenvalue weighted by atomic mass is 9.92. The minimum absolute atomic E-state index is 0.443. The van der Waals surface area contributed by atoms with E-state index in [4.69, 9.17) is 5.73 Å². The summed E-state index contributed by atoms with van der Waals surface area (Å²) < 4.78 is 1.19. The number of hydrogen-bond donors (Lipinski definition) is 2. The Morgan fingerprint density at radius 2 is 2.13 bits per heavy atom. The van der Waals surface area contributed by atoms with Crippen LogP contribution in [0.4, 0.5) is 0 Å². The lowest BCUT2D eigenvalue weighted by Gasteiger charge is -2.26. The van der Waals surface area contributed by atoms with Crippen LogP contribution in [0.5, 0.6) is 0 Å². The first-order chi connectivity index (χ1) is 7.24. The van der Waals surface area contributed by atoms with Gasteiger partial charge in [-0.2, -0.15) is 0 Å². The zero-order chi connectivity index (χ0) is 10.7. The Kier molecular flexibility index (Phi) is 4.20. The first kappa shape index (κ1) is 11.6. The molecule has 1 fully saturated rings. The van der Waals surface area contributed by atoms with Gasteiger partial charge in [-0.15, -0.1) is 11.3 Å². The van der Waals surface area contributed by atoms with Gasteiger partial charge in [0.25, 0.3) is 0 Å². The molecule has 0 radical (unpaired) electrons. The zero-order valence-electron chi connectivity index (χ0n) is 8.71. The molecule has 0 spiro atoms. The summed E-state index contributed by atoms with van der Waals surface area (Å²) in [6, 6.07) is 3.30. The van der Waals surface area contributed by atoms with Crippen molar-refractivity contribution in [3.63, 3.8) is 0 Å². The van der Waals surface area contributed by atoms with Gasteiger partial charge >= 0.3 is 0 Å². The van der Waals surface area contributed by atoms with Gasteiger partial charge in [0.2, 0.25) is 0 Å². The van der Waals surface area contributed by atoms with Crippen molar-refractivity contribution in [3.8, 4) is 0 Å². The molecular weight excluding hydrogens is 272 g/mol. The summed E-state index contributed by atoms with van der Waals surface area (Å²) in [5, 5.41) is 5.74. The van der Waals surface area contributed by atoms with Crippen LogP contribution in [0.2, 0.25) is 0 Å². The molecule has 1 saturated carbocycles. The average Bonchev–Trinajstić information content (AvgIpc) is 2.64. The quantitative estimate of drug-likeness (QED) is 0.898. The molecule has 0 aromatic carbocycles. The lowest BCUT2D eigenvalue weighted by Crippen LogP contribution is -2.36. The maximum Gasteiger partial charge on any atom is 0.0302 e. The van der Waals surface area contributed by atoms with Gasteiger partial charge in [0.1, 0.15) is 0 Å². The standard InChI is InChI=1S/C11H17BrN2S/c12-8-5-11(15-7-8)6-14-10-3-1-9(13)2-4-10/h5,7,9-10,14H,1-4,6,13H2. The largest absolute Gasteiger partial charge is 0.328 e. The molecule has 0 bridgehead atoms. The van der Waals surface area contributed by atoms with Gasteiger partial charge in [0, 0.05) is 33.4 Å². The highest BCUT2D eigenvalue weighted by Crippen LogP contribution is 2.21. The van der Waals surface area contributed by atoms with E-state index in [0.717, 1.165) is 6.54 Å². The molecule has 4 heteroatoms. The topological polar surface area (TPSA) is 38.0 Å². The first-order valence-corrected chi connectivity index (χ1v) is 7.13. The molecule has 1 aliphatic carbocycles. The number of nitrogens with one attached hydrogen (secondary N) is 1. The van der Waals surface area contributed by atoms with Crippen LogP contribution < -0.4 is 11.1 Å². The number of rotatable bonds is 3. The van der Waals surface area contributed by atoms with Crippen molar-refractivity contribution in [2.75, 3.05) is 0 Å². The maximum atomic E-state index is 5.88. The van der Waals surface area contributed by atoms with Crippen molar-refractivity contribution in [3.05, 3.63) is 20.8 Å². The van der Waals surface area contributed by atoms with E-state index < -0.39 is 0 Å². The zero-order valence-corrected chi connectivity index (χ0v) is 11.1. The monoisotopic (exact) mass is 288 g/mol. The molecule has 1 aromatic heterocycles. The fourth-order valence-corrected chi connectivity index (χ4v) is 3.42.